The number of nitrogens with zero attached hydrogens (tertiary/aromatic N) is 2. The van der Waals surface area contributed by atoms with Gasteiger partial charge in [0.25, 0.3) is 0 Å². The number of aromatic nitrogens is 2. The number of hydrogen-bond donors (Lipinski definition) is 1. The van der Waals surface area contributed by atoms with E-state index in [0.29, 0.717) is 24.1 Å². The standard InChI is InChI=1S/C17H17Cl2N3O2/c1-9-7-10(3-6-12(9)18)8-20-16-13(19)14(17(23)24-2)21-15(22-16)11-4-5-11/h3,6-7,11H,4-5,8H2,1-2H3,(H,20,21,22). The number of methoxy groups -OCH3 is 1. The van der Waals surface area contributed by atoms with Gasteiger partial charge >= 0.3 is 5.97 Å². The fourth-order valence-electron chi connectivity index (χ4n) is 2.34. The van der Waals surface area contributed by atoms with Crippen LogP contribution in [-0.2, 0) is 11.3 Å². The first-order chi connectivity index (χ1) is 11.5. The van der Waals surface area contributed by atoms with Crippen LogP contribution in [0.4, 0.5) is 5.82 Å². The minimum Gasteiger partial charge on any atom is -0.464 e. The molecule has 7 heteroatoms. The van der Waals surface area contributed by atoms with Crippen molar-refractivity contribution in [2.45, 2.75) is 32.2 Å². The number of anilines is 1. The van der Waals surface area contributed by atoms with Gasteiger partial charge in [0.1, 0.15) is 16.7 Å². The number of rotatable bonds is 5. The summed E-state index contributed by atoms with van der Waals surface area (Å²) in [6, 6.07) is 5.78. The van der Waals surface area contributed by atoms with Gasteiger partial charge in [0.05, 0.1) is 7.11 Å². The average molecular weight is 366 g/mol. The normalized spacial score (nSPS) is 13.7. The molecule has 1 fully saturated rings. The van der Waals surface area contributed by atoms with Crippen LogP contribution in [0.3, 0.4) is 0 Å². The van der Waals surface area contributed by atoms with Crippen molar-refractivity contribution in [2.75, 3.05) is 12.4 Å². The van der Waals surface area contributed by atoms with Crippen LogP contribution in [0.1, 0.15) is 46.2 Å². The fourth-order valence-corrected chi connectivity index (χ4v) is 2.69. The van der Waals surface area contributed by atoms with Gasteiger partial charge < -0.3 is 10.1 Å². The number of carbonyl (C=O) groups is 1. The molecule has 0 saturated heterocycles. The number of hydrogen-bond acceptors (Lipinski definition) is 5. The van der Waals surface area contributed by atoms with Gasteiger partial charge in [-0.15, -0.1) is 0 Å². The van der Waals surface area contributed by atoms with E-state index in [1.807, 2.05) is 25.1 Å². The Balaban J connectivity index is 1.87. The van der Waals surface area contributed by atoms with Crippen LogP contribution in [0.5, 0.6) is 0 Å². The van der Waals surface area contributed by atoms with Gasteiger partial charge in [-0.25, -0.2) is 14.8 Å². The molecule has 1 aromatic carbocycles. The van der Waals surface area contributed by atoms with Crippen molar-refractivity contribution in [1.29, 1.82) is 0 Å². The van der Waals surface area contributed by atoms with Crippen LogP contribution in [0.2, 0.25) is 10.0 Å². The van der Waals surface area contributed by atoms with E-state index in [1.54, 1.807) is 0 Å². The Morgan fingerprint density at radius 2 is 2.08 bits per heavy atom. The predicted molar refractivity (Wildman–Crippen MR) is 93.9 cm³/mol. The molecule has 3 rings (SSSR count). The van der Waals surface area contributed by atoms with E-state index in [1.165, 1.54) is 7.11 Å². The summed E-state index contributed by atoms with van der Waals surface area (Å²) in [7, 11) is 1.31. The van der Waals surface area contributed by atoms with Gasteiger partial charge in [0.2, 0.25) is 0 Å². The van der Waals surface area contributed by atoms with Crippen molar-refractivity contribution in [3.8, 4) is 0 Å². The third kappa shape index (κ3) is 3.62. The van der Waals surface area contributed by atoms with E-state index in [4.69, 9.17) is 27.9 Å². The topological polar surface area (TPSA) is 64.1 Å². The highest BCUT2D eigenvalue weighted by atomic mass is 35.5. The minimum atomic E-state index is -0.560. The first-order valence-electron chi connectivity index (χ1n) is 7.64. The molecule has 0 aliphatic heterocycles. The number of halogens is 2. The fraction of sp³-hybridized carbons (Fsp3) is 0.353. The maximum absolute atomic E-state index is 11.9. The second-order valence-corrected chi connectivity index (χ2v) is 6.58. The first kappa shape index (κ1) is 17.0. The molecule has 0 unspecified atom stereocenters. The molecule has 1 N–H and O–H groups in total. The second-order valence-electron chi connectivity index (χ2n) is 5.80. The van der Waals surface area contributed by atoms with Gasteiger partial charge in [0, 0.05) is 17.5 Å². The third-order valence-electron chi connectivity index (χ3n) is 3.87. The minimum absolute atomic E-state index is 0.103. The molecule has 2 aromatic rings. The Bertz CT molecular complexity index is 792. The van der Waals surface area contributed by atoms with Crippen molar-refractivity contribution < 1.29 is 9.53 Å². The summed E-state index contributed by atoms with van der Waals surface area (Å²) in [5.41, 5.74) is 2.14. The molecular weight excluding hydrogens is 349 g/mol. The summed E-state index contributed by atoms with van der Waals surface area (Å²) in [6.07, 6.45) is 2.05. The summed E-state index contributed by atoms with van der Waals surface area (Å²) in [6.45, 7) is 2.46. The highest BCUT2D eigenvalue weighted by Crippen LogP contribution is 2.39. The molecule has 1 aromatic heterocycles. The van der Waals surface area contributed by atoms with Crippen molar-refractivity contribution in [3.63, 3.8) is 0 Å². The number of ether oxygens (including phenoxy) is 1. The first-order valence-corrected chi connectivity index (χ1v) is 8.40. The van der Waals surface area contributed by atoms with Crippen molar-refractivity contribution in [2.24, 2.45) is 0 Å². The lowest BCUT2D eigenvalue weighted by Gasteiger charge is -2.12. The third-order valence-corrected chi connectivity index (χ3v) is 4.65. The Labute approximate surface area is 150 Å². The van der Waals surface area contributed by atoms with Gasteiger partial charge in [0.15, 0.2) is 5.69 Å². The lowest BCUT2D eigenvalue weighted by Crippen LogP contribution is -2.12. The number of carbonyl (C=O) groups excluding carboxylic acids is 1. The largest absolute Gasteiger partial charge is 0.464 e. The summed E-state index contributed by atoms with van der Waals surface area (Å²) in [5.74, 6) is 0.815. The molecule has 0 atom stereocenters. The maximum atomic E-state index is 11.9. The molecule has 5 nitrogen and oxygen atoms in total. The smallest absolute Gasteiger partial charge is 0.358 e. The number of nitrogens with one attached hydrogen (secondary N) is 1. The monoisotopic (exact) mass is 365 g/mol. The highest BCUT2D eigenvalue weighted by molar-refractivity contribution is 6.35. The van der Waals surface area contributed by atoms with E-state index in [9.17, 15) is 4.79 Å². The zero-order valence-corrected chi connectivity index (χ0v) is 14.9. The second kappa shape index (κ2) is 6.95. The summed E-state index contributed by atoms with van der Waals surface area (Å²) >= 11 is 12.3. The van der Waals surface area contributed by atoms with E-state index in [2.05, 4.69) is 15.3 Å². The van der Waals surface area contributed by atoms with Gasteiger partial charge in [-0.3, -0.25) is 0 Å². The van der Waals surface area contributed by atoms with Crippen LogP contribution < -0.4 is 5.32 Å². The number of aryl methyl sites for hydroxylation is 1. The summed E-state index contributed by atoms with van der Waals surface area (Å²) in [5, 5.41) is 4.09. The van der Waals surface area contributed by atoms with Crippen LogP contribution in [0.25, 0.3) is 0 Å². The molecule has 1 aliphatic carbocycles. The Morgan fingerprint density at radius 1 is 1.33 bits per heavy atom. The molecule has 1 aliphatic rings. The zero-order valence-electron chi connectivity index (χ0n) is 13.4. The molecule has 0 spiro atoms. The maximum Gasteiger partial charge on any atom is 0.358 e. The molecule has 0 bridgehead atoms. The van der Waals surface area contributed by atoms with E-state index < -0.39 is 5.97 Å². The summed E-state index contributed by atoms with van der Waals surface area (Å²) in [4.78, 5) is 20.6. The Morgan fingerprint density at radius 3 is 2.71 bits per heavy atom. The number of benzene rings is 1. The molecular formula is C17H17Cl2N3O2. The molecule has 0 amide bonds. The lowest BCUT2D eigenvalue weighted by atomic mass is 10.1. The van der Waals surface area contributed by atoms with E-state index in [0.717, 1.165) is 29.0 Å². The van der Waals surface area contributed by atoms with Crippen molar-refractivity contribution >= 4 is 35.0 Å². The number of esters is 1. The van der Waals surface area contributed by atoms with Gasteiger partial charge in [-0.1, -0.05) is 35.3 Å². The Hall–Kier alpha value is -1.85. The SMILES string of the molecule is COC(=O)c1nc(C2CC2)nc(NCc2ccc(Cl)c(C)c2)c1Cl. The van der Waals surface area contributed by atoms with Crippen LogP contribution in [-0.4, -0.2) is 23.0 Å². The average Bonchev–Trinajstić information content (AvgIpc) is 3.41. The molecule has 126 valence electrons. The van der Waals surface area contributed by atoms with Crippen LogP contribution in [0, 0.1) is 6.92 Å². The van der Waals surface area contributed by atoms with Gasteiger partial charge in [-0.2, -0.15) is 0 Å². The van der Waals surface area contributed by atoms with Crippen LogP contribution >= 0.6 is 23.2 Å². The van der Waals surface area contributed by atoms with E-state index >= 15 is 0 Å². The van der Waals surface area contributed by atoms with Crippen molar-refractivity contribution in [3.05, 3.63) is 50.9 Å². The highest BCUT2D eigenvalue weighted by Gasteiger charge is 2.30. The van der Waals surface area contributed by atoms with E-state index in [-0.39, 0.29) is 10.7 Å². The zero-order chi connectivity index (χ0) is 17.3. The molecule has 24 heavy (non-hydrogen) atoms. The van der Waals surface area contributed by atoms with Crippen molar-refractivity contribution in [1.82, 2.24) is 9.97 Å². The molecule has 1 saturated carbocycles. The quantitative estimate of drug-likeness (QED) is 0.797. The van der Waals surface area contributed by atoms with Crippen LogP contribution in [0.15, 0.2) is 18.2 Å². The molecule has 0 radical (unpaired) electrons. The summed E-state index contributed by atoms with van der Waals surface area (Å²) < 4.78 is 4.76. The Kier molecular flexibility index (Phi) is 4.92. The lowest BCUT2D eigenvalue weighted by molar-refractivity contribution is 0.0593. The predicted octanol–water partition coefficient (Wildman–Crippen LogP) is 4.37. The van der Waals surface area contributed by atoms with Gasteiger partial charge in [-0.05, 0) is 37.0 Å². The molecule has 1 heterocycles.